The first kappa shape index (κ1) is 14.0. The number of carbonyl (C=O) groups is 1. The zero-order valence-electron chi connectivity index (χ0n) is 10.5. The van der Waals surface area contributed by atoms with Crippen LogP contribution >= 0.6 is 15.9 Å². The minimum Gasteiger partial charge on any atom is -0.494 e. The monoisotopic (exact) mass is 300 g/mol. The van der Waals surface area contributed by atoms with Gasteiger partial charge in [-0.2, -0.15) is 0 Å². The highest BCUT2D eigenvalue weighted by Gasteiger charge is 2.18. The highest BCUT2D eigenvalue weighted by Crippen LogP contribution is 2.23. The van der Waals surface area contributed by atoms with Gasteiger partial charge in [0.15, 0.2) is 0 Å². The Hall–Kier alpha value is -1.03. The molecule has 17 heavy (non-hydrogen) atoms. The van der Waals surface area contributed by atoms with Gasteiger partial charge in [-0.1, -0.05) is 15.9 Å². The second-order valence-electron chi connectivity index (χ2n) is 4.61. The molecule has 4 heteroatoms. The number of carbonyl (C=O) groups excluding carboxylic acids is 1. The zero-order valence-corrected chi connectivity index (χ0v) is 12.1. The van der Waals surface area contributed by atoms with Crippen LogP contribution in [-0.4, -0.2) is 18.2 Å². The SMILES string of the molecule is CCOc1cc(Br)cc(C(=O)OC(C)(C)C)c1. The standard InChI is InChI=1S/C13H17BrO3/c1-5-16-11-7-9(6-10(14)8-11)12(15)17-13(2,3)4/h6-8H,5H2,1-4H3. The van der Waals surface area contributed by atoms with Crippen molar-refractivity contribution in [3.8, 4) is 5.75 Å². The molecule has 0 fully saturated rings. The van der Waals surface area contributed by atoms with Crippen LogP contribution in [0.4, 0.5) is 0 Å². The van der Waals surface area contributed by atoms with Crippen LogP contribution in [0.5, 0.6) is 5.75 Å². The summed E-state index contributed by atoms with van der Waals surface area (Å²) in [5, 5.41) is 0. The van der Waals surface area contributed by atoms with Gasteiger partial charge in [-0.25, -0.2) is 4.79 Å². The molecule has 0 saturated carbocycles. The molecule has 0 spiro atoms. The number of halogens is 1. The number of hydrogen-bond acceptors (Lipinski definition) is 3. The summed E-state index contributed by atoms with van der Waals surface area (Å²) in [6.45, 7) is 7.98. The Morgan fingerprint density at radius 3 is 2.47 bits per heavy atom. The average molecular weight is 301 g/mol. The van der Waals surface area contributed by atoms with E-state index in [1.807, 2.05) is 33.8 Å². The predicted octanol–water partition coefficient (Wildman–Crippen LogP) is 3.80. The van der Waals surface area contributed by atoms with E-state index in [-0.39, 0.29) is 5.97 Å². The fourth-order valence-electron chi connectivity index (χ4n) is 1.27. The van der Waals surface area contributed by atoms with Crippen LogP contribution in [0.15, 0.2) is 22.7 Å². The number of benzene rings is 1. The van der Waals surface area contributed by atoms with Gasteiger partial charge in [-0.3, -0.25) is 0 Å². The quantitative estimate of drug-likeness (QED) is 0.797. The Bertz CT molecular complexity index is 408. The highest BCUT2D eigenvalue weighted by atomic mass is 79.9. The Balaban J connectivity index is 2.93. The number of esters is 1. The molecule has 0 radical (unpaired) electrons. The molecule has 94 valence electrons. The molecule has 0 aromatic heterocycles. The third kappa shape index (κ3) is 4.77. The summed E-state index contributed by atoms with van der Waals surface area (Å²) in [5.74, 6) is 0.308. The van der Waals surface area contributed by atoms with Crippen LogP contribution in [-0.2, 0) is 4.74 Å². The van der Waals surface area contributed by atoms with Crippen LogP contribution in [0.2, 0.25) is 0 Å². The topological polar surface area (TPSA) is 35.5 Å². The number of hydrogen-bond donors (Lipinski definition) is 0. The summed E-state index contributed by atoms with van der Waals surface area (Å²) in [6, 6.07) is 5.22. The first-order valence-electron chi connectivity index (χ1n) is 5.48. The second-order valence-corrected chi connectivity index (χ2v) is 5.53. The van der Waals surface area contributed by atoms with Crippen molar-refractivity contribution in [2.24, 2.45) is 0 Å². The van der Waals surface area contributed by atoms with E-state index in [0.29, 0.717) is 17.9 Å². The number of ether oxygens (including phenoxy) is 2. The van der Waals surface area contributed by atoms with Crippen molar-refractivity contribution in [1.82, 2.24) is 0 Å². The van der Waals surface area contributed by atoms with Gasteiger partial charge >= 0.3 is 5.97 Å². The Morgan fingerprint density at radius 2 is 1.94 bits per heavy atom. The van der Waals surface area contributed by atoms with Gasteiger partial charge in [0.25, 0.3) is 0 Å². The molecule has 1 aromatic carbocycles. The second kappa shape index (κ2) is 5.54. The lowest BCUT2D eigenvalue weighted by Gasteiger charge is -2.19. The summed E-state index contributed by atoms with van der Waals surface area (Å²) >= 11 is 3.34. The molecule has 1 rings (SSSR count). The normalized spacial score (nSPS) is 11.1. The fraction of sp³-hybridized carbons (Fsp3) is 0.462. The molecule has 0 aliphatic carbocycles. The Labute approximate surface area is 110 Å². The zero-order chi connectivity index (χ0) is 13.1. The van der Waals surface area contributed by atoms with Crippen molar-refractivity contribution in [2.75, 3.05) is 6.61 Å². The van der Waals surface area contributed by atoms with Crippen LogP contribution in [0.3, 0.4) is 0 Å². The van der Waals surface area contributed by atoms with E-state index in [1.165, 1.54) is 0 Å². The lowest BCUT2D eigenvalue weighted by atomic mass is 10.1. The summed E-state index contributed by atoms with van der Waals surface area (Å²) in [7, 11) is 0. The van der Waals surface area contributed by atoms with Gasteiger partial charge < -0.3 is 9.47 Å². The van der Waals surface area contributed by atoms with E-state index >= 15 is 0 Å². The van der Waals surface area contributed by atoms with Crippen LogP contribution in [0.25, 0.3) is 0 Å². The van der Waals surface area contributed by atoms with E-state index in [0.717, 1.165) is 4.47 Å². The average Bonchev–Trinajstić information content (AvgIpc) is 2.14. The minimum atomic E-state index is -0.495. The van der Waals surface area contributed by atoms with Crippen LogP contribution < -0.4 is 4.74 Å². The molecule has 3 nitrogen and oxygen atoms in total. The molecule has 0 N–H and O–H groups in total. The molecule has 0 amide bonds. The molecule has 0 heterocycles. The van der Waals surface area contributed by atoms with E-state index in [4.69, 9.17) is 9.47 Å². The minimum absolute atomic E-state index is 0.347. The third-order valence-corrected chi connectivity index (χ3v) is 2.27. The van der Waals surface area contributed by atoms with Crippen molar-refractivity contribution < 1.29 is 14.3 Å². The molecule has 1 aromatic rings. The van der Waals surface area contributed by atoms with Gasteiger partial charge in [0.2, 0.25) is 0 Å². The Morgan fingerprint density at radius 1 is 1.29 bits per heavy atom. The van der Waals surface area contributed by atoms with E-state index in [2.05, 4.69) is 15.9 Å². The molecular weight excluding hydrogens is 284 g/mol. The first-order chi connectivity index (χ1) is 7.81. The number of rotatable bonds is 3. The highest BCUT2D eigenvalue weighted by molar-refractivity contribution is 9.10. The van der Waals surface area contributed by atoms with E-state index < -0.39 is 5.60 Å². The lowest BCUT2D eigenvalue weighted by molar-refractivity contribution is 0.00690. The fourth-order valence-corrected chi connectivity index (χ4v) is 1.74. The van der Waals surface area contributed by atoms with Gasteiger partial charge in [0.1, 0.15) is 11.4 Å². The van der Waals surface area contributed by atoms with E-state index in [9.17, 15) is 4.79 Å². The van der Waals surface area contributed by atoms with Crippen molar-refractivity contribution in [3.63, 3.8) is 0 Å². The van der Waals surface area contributed by atoms with Gasteiger partial charge in [0.05, 0.1) is 12.2 Å². The summed E-state index contributed by atoms with van der Waals surface area (Å²) in [5.41, 5.74) is -0.0108. The van der Waals surface area contributed by atoms with Gasteiger partial charge in [-0.15, -0.1) is 0 Å². The van der Waals surface area contributed by atoms with Crippen molar-refractivity contribution in [3.05, 3.63) is 28.2 Å². The lowest BCUT2D eigenvalue weighted by Crippen LogP contribution is -2.23. The molecule has 0 aliphatic rings. The molecule has 0 unspecified atom stereocenters. The molecule has 0 bridgehead atoms. The van der Waals surface area contributed by atoms with Crippen LogP contribution in [0.1, 0.15) is 38.1 Å². The largest absolute Gasteiger partial charge is 0.494 e. The summed E-state index contributed by atoms with van der Waals surface area (Å²) < 4.78 is 11.5. The molecule has 0 aliphatic heterocycles. The molecule has 0 saturated heterocycles. The van der Waals surface area contributed by atoms with Crippen LogP contribution in [0, 0.1) is 0 Å². The van der Waals surface area contributed by atoms with Crippen molar-refractivity contribution in [1.29, 1.82) is 0 Å². The maximum Gasteiger partial charge on any atom is 0.338 e. The molecule has 0 atom stereocenters. The van der Waals surface area contributed by atoms with Crippen molar-refractivity contribution in [2.45, 2.75) is 33.3 Å². The van der Waals surface area contributed by atoms with Gasteiger partial charge in [-0.05, 0) is 45.9 Å². The maximum atomic E-state index is 11.9. The smallest absolute Gasteiger partial charge is 0.338 e. The van der Waals surface area contributed by atoms with Gasteiger partial charge in [0, 0.05) is 4.47 Å². The summed E-state index contributed by atoms with van der Waals surface area (Å²) in [6.07, 6.45) is 0. The Kier molecular flexibility index (Phi) is 4.57. The summed E-state index contributed by atoms with van der Waals surface area (Å²) in [4.78, 5) is 11.9. The maximum absolute atomic E-state index is 11.9. The first-order valence-corrected chi connectivity index (χ1v) is 6.28. The van der Waals surface area contributed by atoms with E-state index in [1.54, 1.807) is 12.1 Å². The molecular formula is C13H17BrO3. The third-order valence-electron chi connectivity index (χ3n) is 1.82. The predicted molar refractivity (Wildman–Crippen MR) is 70.5 cm³/mol. The van der Waals surface area contributed by atoms with Crippen molar-refractivity contribution >= 4 is 21.9 Å².